The lowest BCUT2D eigenvalue weighted by Crippen LogP contribution is -2.59. The number of rotatable bonds is 4. The lowest BCUT2D eigenvalue weighted by molar-refractivity contribution is -0.147. The molecule has 1 unspecified atom stereocenters. The van der Waals surface area contributed by atoms with Crippen LogP contribution >= 0.6 is 0 Å². The summed E-state index contributed by atoms with van der Waals surface area (Å²) < 4.78 is 5.62. The summed E-state index contributed by atoms with van der Waals surface area (Å²) >= 11 is 0. The second-order valence-electron chi connectivity index (χ2n) is 8.89. The molecule has 2 aliphatic heterocycles. The quantitative estimate of drug-likeness (QED) is 0.762. The van der Waals surface area contributed by atoms with Crippen LogP contribution in [0.15, 0.2) is 54.7 Å². The molecule has 1 aromatic carbocycles. The summed E-state index contributed by atoms with van der Waals surface area (Å²) in [5.74, 6) is 0.109. The predicted octanol–water partition coefficient (Wildman–Crippen LogP) is 2.78. The molecular formula is C25H31N3O3. The highest BCUT2D eigenvalue weighted by Gasteiger charge is 2.51. The summed E-state index contributed by atoms with van der Waals surface area (Å²) in [5, 5.41) is 0. The van der Waals surface area contributed by atoms with E-state index in [1.54, 1.807) is 25.2 Å². The normalized spacial score (nSPS) is 23.2. The fourth-order valence-corrected chi connectivity index (χ4v) is 5.20. The molecule has 0 aliphatic carbocycles. The molecule has 2 fully saturated rings. The number of carbonyl (C=O) groups is 2. The van der Waals surface area contributed by atoms with E-state index in [2.05, 4.69) is 4.98 Å². The SMILES string of the molecule is CN(C)C(=O)C1(c2ccccn2)CCCN(C(=O)C2(c3ccccc3)CCOCC2)C1. The second-order valence-corrected chi connectivity index (χ2v) is 8.89. The molecule has 0 saturated carbocycles. The number of aromatic nitrogens is 1. The number of hydrogen-bond acceptors (Lipinski definition) is 4. The van der Waals surface area contributed by atoms with Gasteiger partial charge >= 0.3 is 0 Å². The molecule has 3 heterocycles. The number of nitrogens with zero attached hydrogens (tertiary/aromatic N) is 3. The predicted molar refractivity (Wildman–Crippen MR) is 119 cm³/mol. The summed E-state index contributed by atoms with van der Waals surface area (Å²) in [5.41, 5.74) is 0.360. The van der Waals surface area contributed by atoms with Crippen LogP contribution in [0.3, 0.4) is 0 Å². The second kappa shape index (κ2) is 8.79. The van der Waals surface area contributed by atoms with Crippen LogP contribution in [-0.4, -0.2) is 67.0 Å². The molecule has 1 aromatic heterocycles. The van der Waals surface area contributed by atoms with Crippen LogP contribution < -0.4 is 0 Å². The fourth-order valence-electron chi connectivity index (χ4n) is 5.20. The molecule has 0 N–H and O–H groups in total. The van der Waals surface area contributed by atoms with Gasteiger partial charge in [-0.1, -0.05) is 36.4 Å². The Morgan fingerprint density at radius 1 is 0.968 bits per heavy atom. The summed E-state index contributed by atoms with van der Waals surface area (Å²) in [6.45, 7) is 2.14. The standard InChI is InChI=1S/C25H31N3O3/c1-27(2)22(29)25(21-11-6-7-15-26-21)12-8-16-28(19-25)23(30)24(13-17-31-18-14-24)20-9-4-3-5-10-20/h3-7,9-11,15H,8,12-14,16-19H2,1-2H3. The number of ether oxygens (including phenoxy) is 1. The van der Waals surface area contributed by atoms with Crippen molar-refractivity contribution < 1.29 is 14.3 Å². The van der Waals surface area contributed by atoms with Crippen LogP contribution in [-0.2, 0) is 25.2 Å². The van der Waals surface area contributed by atoms with Crippen molar-refractivity contribution in [3.63, 3.8) is 0 Å². The van der Waals surface area contributed by atoms with Crippen LogP contribution in [0.25, 0.3) is 0 Å². The average Bonchev–Trinajstić information content (AvgIpc) is 2.84. The average molecular weight is 422 g/mol. The molecule has 0 bridgehead atoms. The molecule has 2 aliphatic rings. The van der Waals surface area contributed by atoms with Gasteiger partial charge in [-0.3, -0.25) is 14.6 Å². The molecule has 2 amide bonds. The highest BCUT2D eigenvalue weighted by molar-refractivity contribution is 5.92. The first-order valence-electron chi connectivity index (χ1n) is 11.1. The molecule has 31 heavy (non-hydrogen) atoms. The first-order valence-corrected chi connectivity index (χ1v) is 11.1. The van der Waals surface area contributed by atoms with E-state index in [4.69, 9.17) is 4.74 Å². The van der Waals surface area contributed by atoms with E-state index >= 15 is 0 Å². The number of likely N-dealkylation sites (N-methyl/N-ethyl adjacent to an activating group) is 1. The van der Waals surface area contributed by atoms with Gasteiger partial charge < -0.3 is 14.5 Å². The maximum atomic E-state index is 14.1. The Morgan fingerprint density at radius 3 is 2.32 bits per heavy atom. The number of hydrogen-bond donors (Lipinski definition) is 0. The van der Waals surface area contributed by atoms with Crippen molar-refractivity contribution in [1.82, 2.24) is 14.8 Å². The minimum absolute atomic E-state index is 0.00411. The van der Waals surface area contributed by atoms with Crippen molar-refractivity contribution in [3.05, 3.63) is 66.0 Å². The number of amides is 2. The van der Waals surface area contributed by atoms with Gasteiger partial charge in [0, 0.05) is 46.6 Å². The van der Waals surface area contributed by atoms with Crippen LogP contribution in [0.1, 0.15) is 36.9 Å². The number of piperidine rings is 1. The molecule has 6 heteroatoms. The van der Waals surface area contributed by atoms with Gasteiger partial charge in [-0.25, -0.2) is 0 Å². The fraction of sp³-hybridized carbons (Fsp3) is 0.480. The molecule has 1 atom stereocenters. The zero-order valence-corrected chi connectivity index (χ0v) is 18.4. The van der Waals surface area contributed by atoms with Crippen LogP contribution in [0, 0.1) is 0 Å². The Hall–Kier alpha value is -2.73. The summed E-state index contributed by atoms with van der Waals surface area (Å²) in [4.78, 5) is 35.7. The number of pyridine rings is 1. The molecule has 4 rings (SSSR count). The Bertz CT molecular complexity index is 910. The van der Waals surface area contributed by atoms with Crippen molar-refractivity contribution in [2.75, 3.05) is 40.4 Å². The number of likely N-dealkylation sites (tertiary alicyclic amines) is 1. The van der Waals surface area contributed by atoms with E-state index in [9.17, 15) is 9.59 Å². The van der Waals surface area contributed by atoms with Gasteiger partial charge in [0.05, 0.1) is 11.1 Å². The van der Waals surface area contributed by atoms with Gasteiger partial charge in [0.2, 0.25) is 11.8 Å². The Balaban J connectivity index is 1.72. The maximum Gasteiger partial charge on any atom is 0.236 e. The van der Waals surface area contributed by atoms with Crippen LogP contribution in [0.5, 0.6) is 0 Å². The molecular weight excluding hydrogens is 390 g/mol. The zero-order chi connectivity index (χ0) is 21.9. The summed E-state index contributed by atoms with van der Waals surface area (Å²) in [7, 11) is 3.55. The summed E-state index contributed by atoms with van der Waals surface area (Å²) in [6, 6.07) is 15.7. The lowest BCUT2D eigenvalue weighted by atomic mass is 9.70. The first-order chi connectivity index (χ1) is 15.0. The third-order valence-electron chi connectivity index (χ3n) is 6.83. The van der Waals surface area contributed by atoms with Gasteiger partial charge in [0.15, 0.2) is 0 Å². The Labute approximate surface area is 184 Å². The van der Waals surface area contributed by atoms with Crippen molar-refractivity contribution in [3.8, 4) is 0 Å². The van der Waals surface area contributed by atoms with Gasteiger partial charge in [0.25, 0.3) is 0 Å². The first kappa shape index (κ1) is 21.5. The van der Waals surface area contributed by atoms with Crippen molar-refractivity contribution in [1.29, 1.82) is 0 Å². The number of carbonyl (C=O) groups excluding carboxylic acids is 2. The van der Waals surface area contributed by atoms with Crippen molar-refractivity contribution in [2.24, 2.45) is 0 Å². The molecule has 6 nitrogen and oxygen atoms in total. The minimum atomic E-state index is -0.818. The topological polar surface area (TPSA) is 62.7 Å². The third kappa shape index (κ3) is 3.85. The highest BCUT2D eigenvalue weighted by atomic mass is 16.5. The van der Waals surface area contributed by atoms with E-state index in [0.717, 1.165) is 17.7 Å². The molecule has 2 aromatic rings. The van der Waals surface area contributed by atoms with Crippen LogP contribution in [0.2, 0.25) is 0 Å². The Kier molecular flexibility index (Phi) is 6.10. The lowest BCUT2D eigenvalue weighted by Gasteiger charge is -2.46. The monoisotopic (exact) mass is 421 g/mol. The van der Waals surface area contributed by atoms with E-state index in [0.29, 0.717) is 45.6 Å². The minimum Gasteiger partial charge on any atom is -0.381 e. The zero-order valence-electron chi connectivity index (χ0n) is 18.4. The van der Waals surface area contributed by atoms with Gasteiger partial charge in [-0.05, 0) is 43.4 Å². The van der Waals surface area contributed by atoms with E-state index in [-0.39, 0.29) is 11.8 Å². The van der Waals surface area contributed by atoms with E-state index in [1.807, 2.05) is 53.4 Å². The molecule has 164 valence electrons. The van der Waals surface area contributed by atoms with E-state index < -0.39 is 10.8 Å². The van der Waals surface area contributed by atoms with Crippen LogP contribution in [0.4, 0.5) is 0 Å². The van der Waals surface area contributed by atoms with Gasteiger partial charge in [-0.2, -0.15) is 0 Å². The smallest absolute Gasteiger partial charge is 0.236 e. The highest BCUT2D eigenvalue weighted by Crippen LogP contribution is 2.40. The molecule has 2 saturated heterocycles. The summed E-state index contributed by atoms with van der Waals surface area (Å²) in [6.07, 6.45) is 4.50. The number of benzene rings is 1. The molecule has 0 spiro atoms. The molecule has 0 radical (unpaired) electrons. The Morgan fingerprint density at radius 2 is 1.68 bits per heavy atom. The third-order valence-corrected chi connectivity index (χ3v) is 6.83. The van der Waals surface area contributed by atoms with Crippen molar-refractivity contribution in [2.45, 2.75) is 36.5 Å². The largest absolute Gasteiger partial charge is 0.381 e. The van der Waals surface area contributed by atoms with E-state index in [1.165, 1.54) is 0 Å². The van der Waals surface area contributed by atoms with Gasteiger partial charge in [-0.15, -0.1) is 0 Å². The maximum absolute atomic E-state index is 14.1. The van der Waals surface area contributed by atoms with Gasteiger partial charge in [0.1, 0.15) is 5.41 Å². The van der Waals surface area contributed by atoms with Crippen molar-refractivity contribution >= 4 is 11.8 Å².